The average molecular weight is 581 g/mol. The molecule has 1 N–H and O–H groups in total. The summed E-state index contributed by atoms with van der Waals surface area (Å²) in [6.45, 7) is 6.51. The third-order valence-electron chi connectivity index (χ3n) is 6.81. The van der Waals surface area contributed by atoms with Crippen molar-refractivity contribution < 1.29 is 23.9 Å². The Morgan fingerprint density at radius 1 is 0.905 bits per heavy atom. The van der Waals surface area contributed by atoms with Gasteiger partial charge in [-0.15, -0.1) is 0 Å². The van der Waals surface area contributed by atoms with Crippen molar-refractivity contribution in [3.8, 4) is 11.5 Å². The molecule has 4 aromatic rings. The fourth-order valence-corrected chi connectivity index (χ4v) is 5.41. The van der Waals surface area contributed by atoms with E-state index in [9.17, 15) is 14.4 Å². The largest absolute Gasteiger partial charge is 0.490 e. The third kappa shape index (κ3) is 6.83. The minimum Gasteiger partial charge on any atom is -0.490 e. The first-order valence-corrected chi connectivity index (χ1v) is 14.6. The van der Waals surface area contributed by atoms with Crippen LogP contribution >= 0.6 is 11.8 Å². The first kappa shape index (κ1) is 29.0. The number of rotatable bonds is 10. The Bertz CT molecular complexity index is 1660. The number of carbonyl (C=O) groups excluding carboxylic acids is 3. The molecule has 3 amide bonds. The maximum atomic E-state index is 13.0. The lowest BCUT2D eigenvalue weighted by Crippen LogP contribution is -2.36. The molecule has 1 aliphatic heterocycles. The lowest BCUT2D eigenvalue weighted by atomic mass is 10.0. The van der Waals surface area contributed by atoms with Gasteiger partial charge < -0.3 is 14.8 Å². The number of thioether (sulfide) groups is 1. The second-order valence-corrected chi connectivity index (χ2v) is 11.2. The Kier molecular flexibility index (Phi) is 8.93. The standard InChI is InChI=1S/C34H32N2O5S/c1-4-40-30-18-23(10-16-29(30)41-21-24-9-11-26-7-5-6-8-27(26)17-24)19-31-33(38)36(34(39)42-31)20-32(37)35-28-14-12-25(13-15-28)22(2)3/h5-19,22H,4,20-21H2,1-3H3,(H,35,37)/b31-19+. The molecule has 214 valence electrons. The van der Waals surface area contributed by atoms with E-state index < -0.39 is 17.1 Å². The molecule has 0 aliphatic carbocycles. The summed E-state index contributed by atoms with van der Waals surface area (Å²) in [7, 11) is 0. The molecule has 1 saturated heterocycles. The molecule has 0 atom stereocenters. The lowest BCUT2D eigenvalue weighted by molar-refractivity contribution is -0.127. The van der Waals surface area contributed by atoms with Crippen LogP contribution in [0.1, 0.15) is 43.4 Å². The number of imide groups is 1. The Morgan fingerprint density at radius 2 is 1.67 bits per heavy atom. The van der Waals surface area contributed by atoms with E-state index in [0.29, 0.717) is 41.9 Å². The van der Waals surface area contributed by atoms with Crippen LogP contribution in [0.25, 0.3) is 16.8 Å². The van der Waals surface area contributed by atoms with Gasteiger partial charge in [-0.25, -0.2) is 0 Å². The maximum absolute atomic E-state index is 13.0. The van der Waals surface area contributed by atoms with Gasteiger partial charge in [0.1, 0.15) is 13.2 Å². The van der Waals surface area contributed by atoms with Crippen LogP contribution < -0.4 is 14.8 Å². The topological polar surface area (TPSA) is 84.9 Å². The molecule has 1 aliphatic rings. The zero-order valence-corrected chi connectivity index (χ0v) is 24.6. The molecule has 4 aromatic carbocycles. The van der Waals surface area contributed by atoms with Crippen LogP contribution in [0.5, 0.6) is 11.5 Å². The van der Waals surface area contributed by atoms with Crippen LogP contribution in [0.4, 0.5) is 10.5 Å². The van der Waals surface area contributed by atoms with Crippen molar-refractivity contribution >= 4 is 51.4 Å². The molecular weight excluding hydrogens is 548 g/mol. The van der Waals surface area contributed by atoms with E-state index in [1.807, 2.05) is 49.4 Å². The molecular formula is C34H32N2O5S. The second-order valence-electron chi connectivity index (χ2n) is 10.2. The third-order valence-corrected chi connectivity index (χ3v) is 7.72. The van der Waals surface area contributed by atoms with Crippen molar-refractivity contribution in [3.05, 3.63) is 107 Å². The van der Waals surface area contributed by atoms with Crippen molar-refractivity contribution in [3.63, 3.8) is 0 Å². The molecule has 7 nitrogen and oxygen atoms in total. The Balaban J connectivity index is 1.25. The number of benzene rings is 4. The molecule has 1 heterocycles. The number of hydrogen-bond acceptors (Lipinski definition) is 6. The van der Waals surface area contributed by atoms with Crippen molar-refractivity contribution in [2.45, 2.75) is 33.3 Å². The molecule has 1 fully saturated rings. The summed E-state index contributed by atoms with van der Waals surface area (Å²) in [5.41, 5.74) is 3.47. The number of fused-ring (bicyclic) bond motifs is 1. The minimum atomic E-state index is -0.509. The quantitative estimate of drug-likeness (QED) is 0.194. The molecule has 0 spiro atoms. The molecule has 0 bridgehead atoms. The smallest absolute Gasteiger partial charge is 0.294 e. The van der Waals surface area contributed by atoms with Gasteiger partial charge in [0, 0.05) is 5.69 Å². The molecule has 0 aromatic heterocycles. The van der Waals surface area contributed by atoms with Gasteiger partial charge in [0.2, 0.25) is 5.91 Å². The van der Waals surface area contributed by atoms with Crippen LogP contribution in [0.3, 0.4) is 0 Å². The van der Waals surface area contributed by atoms with Crippen molar-refractivity contribution in [1.82, 2.24) is 4.90 Å². The van der Waals surface area contributed by atoms with Crippen LogP contribution in [-0.4, -0.2) is 35.1 Å². The fraction of sp³-hybridized carbons (Fsp3) is 0.206. The summed E-state index contributed by atoms with van der Waals surface area (Å²) in [6.07, 6.45) is 1.63. The number of nitrogens with zero attached hydrogens (tertiary/aromatic N) is 1. The van der Waals surface area contributed by atoms with Gasteiger partial charge in [-0.2, -0.15) is 0 Å². The maximum Gasteiger partial charge on any atom is 0.294 e. The summed E-state index contributed by atoms with van der Waals surface area (Å²) in [6, 6.07) is 27.3. The van der Waals surface area contributed by atoms with Crippen LogP contribution in [0.15, 0.2) is 89.8 Å². The number of carbonyl (C=O) groups is 3. The normalized spacial score (nSPS) is 14.2. The van der Waals surface area contributed by atoms with Gasteiger partial charge in [-0.05, 0) is 88.5 Å². The van der Waals surface area contributed by atoms with Gasteiger partial charge in [-0.1, -0.05) is 68.4 Å². The molecule has 5 rings (SSSR count). The van der Waals surface area contributed by atoms with Gasteiger partial charge >= 0.3 is 0 Å². The highest BCUT2D eigenvalue weighted by Gasteiger charge is 2.36. The van der Waals surface area contributed by atoms with Gasteiger partial charge in [0.05, 0.1) is 11.5 Å². The zero-order chi connectivity index (χ0) is 29.6. The predicted molar refractivity (Wildman–Crippen MR) is 168 cm³/mol. The highest BCUT2D eigenvalue weighted by atomic mass is 32.2. The molecule has 8 heteroatoms. The van der Waals surface area contributed by atoms with Crippen molar-refractivity contribution in [2.24, 2.45) is 0 Å². The predicted octanol–water partition coefficient (Wildman–Crippen LogP) is 7.62. The Labute approximate surface area is 249 Å². The Hall–Kier alpha value is -4.56. The second kappa shape index (κ2) is 13.0. The van der Waals surface area contributed by atoms with E-state index in [2.05, 4.69) is 43.4 Å². The van der Waals surface area contributed by atoms with Crippen LogP contribution in [0, 0.1) is 0 Å². The Morgan fingerprint density at radius 3 is 2.40 bits per heavy atom. The van der Waals surface area contributed by atoms with E-state index in [1.165, 1.54) is 5.39 Å². The van der Waals surface area contributed by atoms with Crippen LogP contribution in [0.2, 0.25) is 0 Å². The van der Waals surface area contributed by atoms with Crippen LogP contribution in [-0.2, 0) is 16.2 Å². The summed E-state index contributed by atoms with van der Waals surface area (Å²) >= 11 is 0.808. The highest BCUT2D eigenvalue weighted by Crippen LogP contribution is 2.35. The van der Waals surface area contributed by atoms with Crippen molar-refractivity contribution in [2.75, 3.05) is 18.5 Å². The van der Waals surface area contributed by atoms with E-state index in [-0.39, 0.29) is 11.4 Å². The number of nitrogens with one attached hydrogen (secondary N) is 1. The summed E-state index contributed by atoms with van der Waals surface area (Å²) < 4.78 is 11.9. The minimum absolute atomic E-state index is 0.237. The van der Waals surface area contributed by atoms with E-state index >= 15 is 0 Å². The first-order valence-electron chi connectivity index (χ1n) is 13.8. The summed E-state index contributed by atoms with van der Waals surface area (Å²) in [5, 5.41) is 4.58. The number of anilines is 1. The highest BCUT2D eigenvalue weighted by molar-refractivity contribution is 8.18. The average Bonchev–Trinajstić information content (AvgIpc) is 3.24. The van der Waals surface area contributed by atoms with Gasteiger partial charge in [0.25, 0.3) is 11.1 Å². The monoisotopic (exact) mass is 580 g/mol. The number of hydrogen-bond donors (Lipinski definition) is 1. The molecule has 42 heavy (non-hydrogen) atoms. The van der Waals surface area contributed by atoms with Gasteiger partial charge in [-0.3, -0.25) is 19.3 Å². The lowest BCUT2D eigenvalue weighted by Gasteiger charge is -2.14. The van der Waals surface area contributed by atoms with E-state index in [4.69, 9.17) is 9.47 Å². The van der Waals surface area contributed by atoms with Gasteiger partial charge in [0.15, 0.2) is 11.5 Å². The van der Waals surface area contributed by atoms with Crippen molar-refractivity contribution in [1.29, 1.82) is 0 Å². The number of amides is 3. The van der Waals surface area contributed by atoms with E-state index in [0.717, 1.165) is 33.2 Å². The zero-order valence-electron chi connectivity index (χ0n) is 23.8. The first-order chi connectivity index (χ1) is 20.3. The molecule has 0 saturated carbocycles. The summed E-state index contributed by atoms with van der Waals surface area (Å²) in [4.78, 5) is 39.5. The molecule has 0 radical (unpaired) electrons. The number of ether oxygens (including phenoxy) is 2. The van der Waals surface area contributed by atoms with E-state index in [1.54, 1.807) is 24.3 Å². The summed E-state index contributed by atoms with van der Waals surface area (Å²) in [5.74, 6) is 0.537. The fourth-order valence-electron chi connectivity index (χ4n) is 4.57. The SMILES string of the molecule is CCOc1cc(/C=C2/SC(=O)N(CC(=O)Nc3ccc(C(C)C)cc3)C2=O)ccc1OCc1ccc2ccccc2c1. The molecule has 0 unspecified atom stereocenters.